The average Bonchev–Trinajstić information content (AvgIpc) is 3.12. The predicted octanol–water partition coefficient (Wildman–Crippen LogP) is 7.76. The van der Waals surface area contributed by atoms with E-state index in [4.69, 9.17) is 0 Å². The van der Waals surface area contributed by atoms with Gasteiger partial charge in [0.25, 0.3) is 0 Å². The highest BCUT2D eigenvalue weighted by Crippen LogP contribution is 2.68. The van der Waals surface area contributed by atoms with Gasteiger partial charge in [-0.15, -0.1) is 0 Å². The summed E-state index contributed by atoms with van der Waals surface area (Å²) in [7, 11) is 0. The summed E-state index contributed by atoms with van der Waals surface area (Å²) in [6, 6.07) is 0. The average molecular weight is 455 g/mol. The van der Waals surface area contributed by atoms with Crippen molar-refractivity contribution in [2.24, 2.45) is 51.8 Å². The van der Waals surface area contributed by atoms with Crippen molar-refractivity contribution < 1.29 is 9.90 Å². The van der Waals surface area contributed by atoms with Crippen LogP contribution in [0.2, 0.25) is 0 Å². The van der Waals surface area contributed by atoms with Gasteiger partial charge in [0.15, 0.2) is 0 Å². The number of allylic oxidation sites excluding steroid dienone is 4. The fourth-order valence-electron chi connectivity index (χ4n) is 9.18. The summed E-state index contributed by atoms with van der Waals surface area (Å²) in [5.41, 5.74) is 3.89. The van der Waals surface area contributed by atoms with Gasteiger partial charge in [-0.25, -0.2) is 0 Å². The van der Waals surface area contributed by atoms with Crippen molar-refractivity contribution in [1.82, 2.24) is 0 Å². The van der Waals surface area contributed by atoms with Gasteiger partial charge in [0.05, 0.1) is 6.10 Å². The van der Waals surface area contributed by atoms with E-state index < -0.39 is 0 Å². The van der Waals surface area contributed by atoms with Crippen LogP contribution >= 0.6 is 0 Å². The number of carbonyl (C=O) groups is 1. The Morgan fingerprint density at radius 2 is 1.70 bits per heavy atom. The maximum atomic E-state index is 11.6. The second kappa shape index (κ2) is 8.96. The summed E-state index contributed by atoms with van der Waals surface area (Å²) in [4.78, 5) is 11.6. The smallest absolute Gasteiger partial charge is 0.120 e. The monoisotopic (exact) mass is 454 g/mol. The zero-order chi connectivity index (χ0) is 24.2. The summed E-state index contributed by atoms with van der Waals surface area (Å²) in [6.45, 7) is 16.8. The zero-order valence-electron chi connectivity index (χ0n) is 22.5. The lowest BCUT2D eigenvalue weighted by molar-refractivity contribution is -0.127. The number of hydrogen-bond acceptors (Lipinski definition) is 2. The highest BCUT2D eigenvalue weighted by atomic mass is 16.3. The molecule has 0 bridgehead atoms. The minimum Gasteiger partial charge on any atom is -0.393 e. The molecule has 4 rings (SSSR count). The van der Waals surface area contributed by atoms with E-state index >= 15 is 0 Å². The first-order valence-corrected chi connectivity index (χ1v) is 14.0. The molecule has 0 saturated heterocycles. The first-order chi connectivity index (χ1) is 15.5. The van der Waals surface area contributed by atoms with Gasteiger partial charge in [-0.1, -0.05) is 71.8 Å². The lowest BCUT2D eigenvalue weighted by Gasteiger charge is -2.60. The fourth-order valence-corrected chi connectivity index (χ4v) is 9.18. The van der Waals surface area contributed by atoms with Crippen molar-refractivity contribution >= 4 is 6.29 Å². The van der Waals surface area contributed by atoms with Crippen LogP contribution in [0.25, 0.3) is 0 Å². The third kappa shape index (κ3) is 3.91. The largest absolute Gasteiger partial charge is 0.393 e. The molecule has 0 aromatic rings. The van der Waals surface area contributed by atoms with E-state index in [2.05, 4.69) is 60.6 Å². The molecule has 2 heteroatoms. The minimum absolute atomic E-state index is 0.169. The number of aldehydes is 1. The summed E-state index contributed by atoms with van der Waals surface area (Å²) in [6.07, 6.45) is 15.8. The maximum absolute atomic E-state index is 11.6. The Morgan fingerprint density at radius 1 is 0.970 bits per heavy atom. The standard InChI is InChI=1S/C31H50O2/c1-20(2)21(3)8-9-22(4)24-11-12-25-23-10-13-27-30(6,26(23)14-16-29(24,25)5)17-15-28(33)31(27,7)18-19-32/h8-9,19-22,24-25,27-28,33H,10-18H2,1-7H3/t21-,22+,24+,25-,27?,28-,29+,30+,31?/m0/s1. The lowest BCUT2D eigenvalue weighted by atomic mass is 9.45. The summed E-state index contributed by atoms with van der Waals surface area (Å²) in [5.74, 6) is 3.96. The molecule has 0 aromatic heterocycles. The molecule has 0 heterocycles. The van der Waals surface area contributed by atoms with E-state index in [1.54, 1.807) is 5.57 Å². The third-order valence-corrected chi connectivity index (χ3v) is 11.7. The van der Waals surface area contributed by atoms with Crippen LogP contribution in [-0.2, 0) is 4.79 Å². The molecule has 0 amide bonds. The van der Waals surface area contributed by atoms with E-state index in [9.17, 15) is 9.90 Å². The van der Waals surface area contributed by atoms with Crippen LogP contribution < -0.4 is 0 Å². The molecular weight excluding hydrogens is 404 g/mol. The maximum Gasteiger partial charge on any atom is 0.120 e. The lowest BCUT2D eigenvalue weighted by Crippen LogP contribution is -2.55. The molecule has 9 atom stereocenters. The Kier molecular flexibility index (Phi) is 6.84. The quantitative estimate of drug-likeness (QED) is 0.329. The first-order valence-electron chi connectivity index (χ1n) is 14.0. The third-order valence-electron chi connectivity index (χ3n) is 11.7. The Labute approximate surface area is 203 Å². The number of rotatable bonds is 6. The van der Waals surface area contributed by atoms with Gasteiger partial charge in [-0.05, 0) is 97.7 Å². The molecular formula is C31H50O2. The van der Waals surface area contributed by atoms with Crippen LogP contribution in [0.4, 0.5) is 0 Å². The molecule has 2 nitrogen and oxygen atoms in total. The van der Waals surface area contributed by atoms with Crippen molar-refractivity contribution in [3.63, 3.8) is 0 Å². The molecule has 4 aliphatic carbocycles. The van der Waals surface area contributed by atoms with Gasteiger partial charge in [-0.3, -0.25) is 0 Å². The molecule has 0 aromatic carbocycles. The Bertz CT molecular complexity index is 808. The Morgan fingerprint density at radius 3 is 2.36 bits per heavy atom. The number of hydrogen-bond donors (Lipinski definition) is 1. The minimum atomic E-state index is -0.339. The number of fused-ring (bicyclic) bond motifs is 4. The highest BCUT2D eigenvalue weighted by Gasteiger charge is 2.59. The number of aliphatic hydroxyl groups is 1. The Hall–Kier alpha value is -0.890. The summed E-state index contributed by atoms with van der Waals surface area (Å²) < 4.78 is 0. The van der Waals surface area contributed by atoms with Crippen molar-refractivity contribution in [2.45, 2.75) is 112 Å². The van der Waals surface area contributed by atoms with Gasteiger partial charge < -0.3 is 9.90 Å². The van der Waals surface area contributed by atoms with Gasteiger partial charge in [0, 0.05) is 11.8 Å². The zero-order valence-corrected chi connectivity index (χ0v) is 22.5. The molecule has 2 saturated carbocycles. The van der Waals surface area contributed by atoms with Crippen molar-refractivity contribution in [1.29, 1.82) is 0 Å². The van der Waals surface area contributed by atoms with Crippen molar-refractivity contribution in [2.75, 3.05) is 0 Å². The van der Waals surface area contributed by atoms with Gasteiger partial charge in [0.2, 0.25) is 0 Å². The molecule has 33 heavy (non-hydrogen) atoms. The van der Waals surface area contributed by atoms with Crippen LogP contribution in [0.5, 0.6) is 0 Å². The second-order valence-electron chi connectivity index (χ2n) is 13.5. The first kappa shape index (κ1) is 25.2. The fraction of sp³-hybridized carbons (Fsp3) is 0.839. The van der Waals surface area contributed by atoms with E-state index in [1.807, 2.05) is 5.57 Å². The van der Waals surface area contributed by atoms with E-state index in [1.165, 1.54) is 32.1 Å². The number of aliphatic hydroxyl groups excluding tert-OH is 1. The van der Waals surface area contributed by atoms with E-state index in [-0.39, 0.29) is 16.9 Å². The molecule has 0 aliphatic heterocycles. The molecule has 1 N–H and O–H groups in total. The van der Waals surface area contributed by atoms with Gasteiger partial charge in [0.1, 0.15) is 6.29 Å². The van der Waals surface area contributed by atoms with E-state index in [0.29, 0.717) is 35.5 Å². The molecule has 4 aliphatic rings. The SMILES string of the molecule is CC(C)[C@@H](C)C=C[C@@H](C)[C@H]1CC[C@H]2C3=C(CC[C@]12C)[C@@]1(C)CC[C@H](O)C(C)(CC=O)C1CC3. The molecule has 2 fully saturated rings. The van der Waals surface area contributed by atoms with E-state index in [0.717, 1.165) is 37.4 Å². The van der Waals surface area contributed by atoms with Gasteiger partial charge in [-0.2, -0.15) is 0 Å². The van der Waals surface area contributed by atoms with Crippen molar-refractivity contribution in [3.05, 3.63) is 23.3 Å². The second-order valence-corrected chi connectivity index (χ2v) is 13.5. The normalized spacial score (nSPS) is 45.0. The molecule has 2 unspecified atom stereocenters. The highest BCUT2D eigenvalue weighted by molar-refractivity contribution is 5.51. The van der Waals surface area contributed by atoms with Crippen LogP contribution in [-0.4, -0.2) is 17.5 Å². The topological polar surface area (TPSA) is 37.3 Å². The van der Waals surface area contributed by atoms with Crippen LogP contribution in [0, 0.1) is 51.8 Å². The molecule has 0 spiro atoms. The Balaban J connectivity index is 1.61. The number of carbonyl (C=O) groups excluding carboxylic acids is 1. The van der Waals surface area contributed by atoms with Gasteiger partial charge >= 0.3 is 0 Å². The predicted molar refractivity (Wildman–Crippen MR) is 138 cm³/mol. The summed E-state index contributed by atoms with van der Waals surface area (Å²) >= 11 is 0. The summed E-state index contributed by atoms with van der Waals surface area (Å²) in [5, 5.41) is 10.9. The molecule has 0 radical (unpaired) electrons. The molecule has 186 valence electrons. The van der Waals surface area contributed by atoms with Crippen LogP contribution in [0.15, 0.2) is 23.3 Å². The van der Waals surface area contributed by atoms with Crippen LogP contribution in [0.1, 0.15) is 106 Å². The van der Waals surface area contributed by atoms with Crippen LogP contribution in [0.3, 0.4) is 0 Å². The van der Waals surface area contributed by atoms with Crippen molar-refractivity contribution in [3.8, 4) is 0 Å².